The van der Waals surface area contributed by atoms with E-state index in [2.05, 4.69) is 4.98 Å². The van der Waals surface area contributed by atoms with Crippen LogP contribution in [0.3, 0.4) is 0 Å². The summed E-state index contributed by atoms with van der Waals surface area (Å²) in [5, 5.41) is 11.1. The first-order chi connectivity index (χ1) is 10.9. The maximum atomic E-state index is 14.1. The Morgan fingerprint density at radius 2 is 1.87 bits per heavy atom. The lowest BCUT2D eigenvalue weighted by atomic mass is 9.97. The van der Waals surface area contributed by atoms with Crippen LogP contribution in [-0.4, -0.2) is 10.1 Å². The van der Waals surface area contributed by atoms with E-state index in [1.807, 2.05) is 31.2 Å². The first-order valence-corrected chi connectivity index (χ1v) is 7.41. The third kappa shape index (κ3) is 3.03. The molecule has 1 N–H and O–H groups in total. The van der Waals surface area contributed by atoms with Gasteiger partial charge >= 0.3 is 0 Å². The van der Waals surface area contributed by atoms with Gasteiger partial charge in [0.25, 0.3) is 0 Å². The quantitative estimate of drug-likeness (QED) is 0.762. The lowest BCUT2D eigenvalue weighted by molar-refractivity contribution is 0.0721. The van der Waals surface area contributed by atoms with E-state index in [0.717, 1.165) is 16.5 Å². The number of rotatable bonds is 3. The van der Waals surface area contributed by atoms with Gasteiger partial charge in [0.2, 0.25) is 0 Å². The highest BCUT2D eigenvalue weighted by atomic mass is 19.1. The molecule has 0 aliphatic rings. The number of aliphatic hydroxyl groups is 1. The van der Waals surface area contributed by atoms with E-state index in [-0.39, 0.29) is 11.3 Å². The molecular weight excluding hydrogens is 293 g/mol. The van der Waals surface area contributed by atoms with Crippen molar-refractivity contribution in [3.8, 4) is 11.5 Å². The summed E-state index contributed by atoms with van der Waals surface area (Å²) < 4.78 is 19.9. The van der Waals surface area contributed by atoms with Gasteiger partial charge in [-0.25, -0.2) is 4.39 Å². The van der Waals surface area contributed by atoms with Crippen LogP contribution < -0.4 is 4.74 Å². The number of aromatic nitrogens is 1. The van der Waals surface area contributed by atoms with E-state index in [1.54, 1.807) is 18.3 Å². The number of ether oxygens (including phenoxy) is 1. The molecule has 0 aliphatic carbocycles. The summed E-state index contributed by atoms with van der Waals surface area (Å²) >= 11 is 0. The molecule has 118 valence electrons. The molecule has 0 unspecified atom stereocenters. The van der Waals surface area contributed by atoms with Gasteiger partial charge in [-0.2, -0.15) is 0 Å². The van der Waals surface area contributed by atoms with Crippen LogP contribution >= 0.6 is 0 Å². The van der Waals surface area contributed by atoms with Crippen LogP contribution in [0.4, 0.5) is 4.39 Å². The number of pyridine rings is 1. The van der Waals surface area contributed by atoms with E-state index in [9.17, 15) is 9.50 Å². The summed E-state index contributed by atoms with van der Waals surface area (Å²) in [6, 6.07) is 12.2. The maximum absolute atomic E-state index is 14.1. The van der Waals surface area contributed by atoms with Crippen molar-refractivity contribution in [3.05, 3.63) is 65.6 Å². The van der Waals surface area contributed by atoms with Crippen LogP contribution in [0.2, 0.25) is 0 Å². The topological polar surface area (TPSA) is 42.4 Å². The third-order valence-electron chi connectivity index (χ3n) is 3.70. The second-order valence-corrected chi connectivity index (χ2v) is 6.09. The molecule has 23 heavy (non-hydrogen) atoms. The highest BCUT2D eigenvalue weighted by Gasteiger charge is 2.25. The van der Waals surface area contributed by atoms with Gasteiger partial charge in [0.15, 0.2) is 0 Å². The highest BCUT2D eigenvalue weighted by Crippen LogP contribution is 2.35. The van der Waals surface area contributed by atoms with Gasteiger partial charge < -0.3 is 9.84 Å². The number of nitrogens with zero attached hydrogens (tertiary/aromatic N) is 1. The molecule has 0 aliphatic heterocycles. The maximum Gasteiger partial charge on any atom is 0.146 e. The molecule has 1 aromatic heterocycles. The molecule has 4 heteroatoms. The zero-order chi connectivity index (χ0) is 16.6. The summed E-state index contributed by atoms with van der Waals surface area (Å²) in [6.45, 7) is 5.05. The summed E-state index contributed by atoms with van der Waals surface area (Å²) in [5.74, 6) is 0.282. The van der Waals surface area contributed by atoms with Crippen molar-refractivity contribution in [3.63, 3.8) is 0 Å². The van der Waals surface area contributed by atoms with Gasteiger partial charge in [-0.05, 0) is 44.5 Å². The Bertz CT molecular complexity index is 869. The number of fused-ring (bicyclic) bond motifs is 1. The Morgan fingerprint density at radius 1 is 1.13 bits per heavy atom. The second kappa shape index (κ2) is 5.63. The molecule has 2 aromatic carbocycles. The van der Waals surface area contributed by atoms with E-state index in [4.69, 9.17) is 4.74 Å². The number of hydrogen-bond donors (Lipinski definition) is 1. The number of aryl methyl sites for hydroxylation is 1. The summed E-state index contributed by atoms with van der Waals surface area (Å²) in [5.41, 5.74) is 0.768. The zero-order valence-corrected chi connectivity index (χ0v) is 13.3. The number of benzene rings is 2. The van der Waals surface area contributed by atoms with E-state index < -0.39 is 11.4 Å². The number of para-hydroxylation sites is 1. The molecule has 3 aromatic rings. The van der Waals surface area contributed by atoms with Crippen molar-refractivity contribution in [1.29, 1.82) is 0 Å². The van der Waals surface area contributed by atoms with Crippen molar-refractivity contribution in [2.75, 3.05) is 0 Å². The molecule has 0 bridgehead atoms. The van der Waals surface area contributed by atoms with Crippen LogP contribution in [0.25, 0.3) is 10.9 Å². The molecular formula is C19H18FNO2. The fraction of sp³-hybridized carbons (Fsp3) is 0.211. The Labute approximate surface area is 134 Å². The van der Waals surface area contributed by atoms with Crippen LogP contribution in [0.5, 0.6) is 11.5 Å². The smallest absolute Gasteiger partial charge is 0.146 e. The summed E-state index contributed by atoms with van der Waals surface area (Å²) in [6.07, 6.45) is 1.61. The minimum absolute atomic E-state index is 0.129. The first kappa shape index (κ1) is 15.4. The van der Waals surface area contributed by atoms with Crippen LogP contribution in [0.15, 0.2) is 48.7 Å². The van der Waals surface area contributed by atoms with Gasteiger partial charge in [0.05, 0.1) is 22.9 Å². The number of halogens is 1. The lowest BCUT2D eigenvalue weighted by Gasteiger charge is -2.22. The average molecular weight is 311 g/mol. The lowest BCUT2D eigenvalue weighted by Crippen LogP contribution is -2.18. The van der Waals surface area contributed by atoms with Crippen molar-refractivity contribution in [1.82, 2.24) is 4.98 Å². The third-order valence-corrected chi connectivity index (χ3v) is 3.70. The van der Waals surface area contributed by atoms with Crippen molar-refractivity contribution in [2.24, 2.45) is 0 Å². The average Bonchev–Trinajstić information content (AvgIpc) is 2.46. The SMILES string of the molecule is Cc1cccc2cc(Oc3cccc(F)c3C(C)(C)O)cnc12. The Morgan fingerprint density at radius 3 is 2.61 bits per heavy atom. The number of hydrogen-bond acceptors (Lipinski definition) is 3. The van der Waals surface area contributed by atoms with Gasteiger partial charge in [-0.3, -0.25) is 4.98 Å². The molecule has 3 nitrogen and oxygen atoms in total. The van der Waals surface area contributed by atoms with Crippen molar-refractivity contribution < 1.29 is 14.2 Å². The van der Waals surface area contributed by atoms with Crippen LogP contribution in [-0.2, 0) is 5.60 Å². The Balaban J connectivity index is 2.05. The highest BCUT2D eigenvalue weighted by molar-refractivity contribution is 5.82. The van der Waals surface area contributed by atoms with Crippen molar-refractivity contribution in [2.45, 2.75) is 26.4 Å². The summed E-state index contributed by atoms with van der Waals surface area (Å²) in [4.78, 5) is 4.41. The molecule has 0 radical (unpaired) electrons. The van der Waals surface area contributed by atoms with Gasteiger partial charge in [0.1, 0.15) is 17.3 Å². The van der Waals surface area contributed by atoms with E-state index in [0.29, 0.717) is 5.75 Å². The summed E-state index contributed by atoms with van der Waals surface area (Å²) in [7, 11) is 0. The Hall–Kier alpha value is -2.46. The largest absolute Gasteiger partial charge is 0.455 e. The van der Waals surface area contributed by atoms with Crippen LogP contribution in [0, 0.1) is 12.7 Å². The van der Waals surface area contributed by atoms with Gasteiger partial charge in [0, 0.05) is 5.39 Å². The standard InChI is InChI=1S/C19H18FNO2/c1-12-6-4-7-13-10-14(11-21-18(12)13)23-16-9-5-8-15(20)17(16)19(2,3)22/h4-11,22H,1-3H3. The minimum atomic E-state index is -1.35. The second-order valence-electron chi connectivity index (χ2n) is 6.09. The molecule has 1 heterocycles. The fourth-order valence-corrected chi connectivity index (χ4v) is 2.66. The molecule has 0 saturated heterocycles. The predicted octanol–water partition coefficient (Wildman–Crippen LogP) is 4.70. The van der Waals surface area contributed by atoms with Crippen LogP contribution in [0.1, 0.15) is 25.0 Å². The molecule has 0 spiro atoms. The molecule has 0 fully saturated rings. The minimum Gasteiger partial charge on any atom is -0.455 e. The van der Waals surface area contributed by atoms with E-state index >= 15 is 0 Å². The van der Waals surface area contributed by atoms with E-state index in [1.165, 1.54) is 19.9 Å². The van der Waals surface area contributed by atoms with Gasteiger partial charge in [-0.15, -0.1) is 0 Å². The predicted molar refractivity (Wildman–Crippen MR) is 88.2 cm³/mol. The molecule has 0 atom stereocenters. The van der Waals surface area contributed by atoms with Crippen molar-refractivity contribution >= 4 is 10.9 Å². The normalized spacial score (nSPS) is 11.7. The zero-order valence-electron chi connectivity index (χ0n) is 13.3. The Kier molecular flexibility index (Phi) is 3.78. The fourth-order valence-electron chi connectivity index (χ4n) is 2.66. The molecule has 0 saturated carbocycles. The molecule has 0 amide bonds. The first-order valence-electron chi connectivity index (χ1n) is 7.41. The molecule has 3 rings (SSSR count). The monoisotopic (exact) mass is 311 g/mol. The van der Waals surface area contributed by atoms with Gasteiger partial charge in [-0.1, -0.05) is 24.3 Å².